The topological polar surface area (TPSA) is 48.1 Å². The van der Waals surface area contributed by atoms with Crippen molar-refractivity contribution in [1.82, 2.24) is 15.2 Å². The highest BCUT2D eigenvalue weighted by Crippen LogP contribution is 2.31. The summed E-state index contributed by atoms with van der Waals surface area (Å²) in [6.45, 7) is 3.15. The lowest BCUT2D eigenvalue weighted by Gasteiger charge is -2.15. The van der Waals surface area contributed by atoms with Gasteiger partial charge in [-0.1, -0.05) is 12.1 Å². The SMILES string of the molecule is O=C(NCC1CCN(C2CC2)C1)c1cccc2cc[nH]c12. The predicted molar refractivity (Wildman–Crippen MR) is 83.3 cm³/mol. The van der Waals surface area contributed by atoms with Gasteiger partial charge in [-0.15, -0.1) is 0 Å². The highest BCUT2D eigenvalue weighted by Gasteiger charge is 2.34. The number of hydrogen-bond acceptors (Lipinski definition) is 2. The van der Waals surface area contributed by atoms with E-state index in [9.17, 15) is 4.79 Å². The molecule has 1 aliphatic heterocycles. The van der Waals surface area contributed by atoms with Crippen LogP contribution in [0.25, 0.3) is 10.9 Å². The third-order valence-electron chi connectivity index (χ3n) is 4.76. The molecule has 1 atom stereocenters. The van der Waals surface area contributed by atoms with Crippen molar-refractivity contribution in [3.8, 4) is 0 Å². The second-order valence-electron chi connectivity index (χ2n) is 6.34. The van der Waals surface area contributed by atoms with Gasteiger partial charge in [0.05, 0.1) is 11.1 Å². The fourth-order valence-corrected chi connectivity index (χ4v) is 3.41. The number of nitrogens with zero attached hydrogens (tertiary/aromatic N) is 1. The van der Waals surface area contributed by atoms with E-state index in [0.717, 1.165) is 35.6 Å². The van der Waals surface area contributed by atoms with E-state index in [1.165, 1.54) is 25.8 Å². The molecule has 1 aliphatic carbocycles. The minimum Gasteiger partial charge on any atom is -0.361 e. The van der Waals surface area contributed by atoms with Gasteiger partial charge < -0.3 is 15.2 Å². The average molecular weight is 283 g/mol. The number of nitrogens with one attached hydrogen (secondary N) is 2. The van der Waals surface area contributed by atoms with E-state index in [0.29, 0.717) is 5.92 Å². The first-order valence-corrected chi connectivity index (χ1v) is 7.89. The minimum atomic E-state index is 0.0351. The lowest BCUT2D eigenvalue weighted by atomic mass is 10.1. The van der Waals surface area contributed by atoms with Crippen LogP contribution in [-0.4, -0.2) is 41.5 Å². The molecule has 4 nitrogen and oxygen atoms in total. The highest BCUT2D eigenvalue weighted by atomic mass is 16.1. The Kier molecular flexibility index (Phi) is 3.19. The van der Waals surface area contributed by atoms with Crippen LogP contribution in [0.2, 0.25) is 0 Å². The van der Waals surface area contributed by atoms with E-state index < -0.39 is 0 Å². The summed E-state index contributed by atoms with van der Waals surface area (Å²) in [7, 11) is 0. The molecular weight excluding hydrogens is 262 g/mol. The standard InChI is InChI=1S/C17H21N3O/c21-17(15-3-1-2-13-6-8-18-16(13)15)19-10-12-7-9-20(11-12)14-4-5-14/h1-3,6,8,12,14,18H,4-5,7,9-11H2,(H,19,21). The largest absolute Gasteiger partial charge is 0.361 e. The van der Waals surface area contributed by atoms with Gasteiger partial charge in [-0.2, -0.15) is 0 Å². The van der Waals surface area contributed by atoms with Gasteiger partial charge in [-0.05, 0) is 43.9 Å². The van der Waals surface area contributed by atoms with E-state index in [1.54, 1.807) is 0 Å². The lowest BCUT2D eigenvalue weighted by molar-refractivity contribution is 0.0949. The smallest absolute Gasteiger partial charge is 0.253 e. The molecule has 4 rings (SSSR count). The quantitative estimate of drug-likeness (QED) is 0.905. The van der Waals surface area contributed by atoms with Gasteiger partial charge >= 0.3 is 0 Å². The number of amides is 1. The number of benzene rings is 1. The molecular formula is C17H21N3O. The number of hydrogen-bond donors (Lipinski definition) is 2. The summed E-state index contributed by atoms with van der Waals surface area (Å²) < 4.78 is 0. The maximum atomic E-state index is 12.4. The number of carbonyl (C=O) groups is 1. The Balaban J connectivity index is 1.38. The van der Waals surface area contributed by atoms with Crippen LogP contribution in [0.4, 0.5) is 0 Å². The van der Waals surface area contributed by atoms with E-state index in [2.05, 4.69) is 15.2 Å². The molecule has 0 bridgehead atoms. The third-order valence-corrected chi connectivity index (χ3v) is 4.76. The van der Waals surface area contributed by atoms with Gasteiger partial charge in [0, 0.05) is 30.7 Å². The fourth-order valence-electron chi connectivity index (χ4n) is 3.41. The van der Waals surface area contributed by atoms with Gasteiger partial charge in [0.2, 0.25) is 0 Å². The van der Waals surface area contributed by atoms with Crippen molar-refractivity contribution in [2.45, 2.75) is 25.3 Å². The maximum Gasteiger partial charge on any atom is 0.253 e. The van der Waals surface area contributed by atoms with Crippen LogP contribution >= 0.6 is 0 Å². The van der Waals surface area contributed by atoms with Crippen molar-refractivity contribution >= 4 is 16.8 Å². The first kappa shape index (κ1) is 12.9. The molecule has 1 aromatic carbocycles. The number of aromatic amines is 1. The first-order valence-electron chi connectivity index (χ1n) is 7.89. The van der Waals surface area contributed by atoms with E-state index in [4.69, 9.17) is 0 Å². The van der Waals surface area contributed by atoms with Crippen molar-refractivity contribution < 1.29 is 4.79 Å². The van der Waals surface area contributed by atoms with Crippen molar-refractivity contribution in [2.24, 2.45) is 5.92 Å². The Labute approximate surface area is 124 Å². The van der Waals surface area contributed by atoms with Gasteiger partial charge in [0.25, 0.3) is 5.91 Å². The summed E-state index contributed by atoms with van der Waals surface area (Å²) in [6, 6.07) is 8.69. The molecule has 1 aromatic heterocycles. The maximum absolute atomic E-state index is 12.4. The molecule has 21 heavy (non-hydrogen) atoms. The van der Waals surface area contributed by atoms with Crippen LogP contribution in [0.5, 0.6) is 0 Å². The molecule has 1 saturated carbocycles. The Morgan fingerprint density at radius 2 is 2.19 bits per heavy atom. The number of fused-ring (bicyclic) bond motifs is 1. The molecule has 110 valence electrons. The van der Waals surface area contributed by atoms with E-state index in [-0.39, 0.29) is 5.91 Å². The summed E-state index contributed by atoms with van der Waals surface area (Å²) >= 11 is 0. The molecule has 1 amide bonds. The number of H-pyrrole nitrogens is 1. The van der Waals surface area contributed by atoms with Crippen LogP contribution in [0, 0.1) is 5.92 Å². The van der Waals surface area contributed by atoms with Crippen LogP contribution in [-0.2, 0) is 0 Å². The van der Waals surface area contributed by atoms with Crippen molar-refractivity contribution in [3.05, 3.63) is 36.0 Å². The van der Waals surface area contributed by atoms with Gasteiger partial charge in [-0.25, -0.2) is 0 Å². The molecule has 4 heteroatoms. The van der Waals surface area contributed by atoms with Gasteiger partial charge in [0.1, 0.15) is 0 Å². The molecule has 2 heterocycles. The monoisotopic (exact) mass is 283 g/mol. The summed E-state index contributed by atoms with van der Waals surface area (Å²) in [5, 5.41) is 4.20. The fraction of sp³-hybridized carbons (Fsp3) is 0.471. The number of likely N-dealkylation sites (tertiary alicyclic amines) is 1. The summed E-state index contributed by atoms with van der Waals surface area (Å²) in [4.78, 5) is 18.1. The van der Waals surface area contributed by atoms with Crippen LogP contribution in [0.1, 0.15) is 29.6 Å². The molecule has 2 fully saturated rings. The predicted octanol–water partition coefficient (Wildman–Crippen LogP) is 2.38. The number of aromatic nitrogens is 1. The van der Waals surface area contributed by atoms with E-state index in [1.807, 2.05) is 30.5 Å². The first-order chi connectivity index (χ1) is 10.3. The highest BCUT2D eigenvalue weighted by molar-refractivity contribution is 6.05. The molecule has 0 radical (unpaired) electrons. The number of rotatable bonds is 4. The molecule has 2 aliphatic rings. The zero-order valence-corrected chi connectivity index (χ0v) is 12.1. The second kappa shape index (κ2) is 5.19. The molecule has 1 saturated heterocycles. The lowest BCUT2D eigenvalue weighted by Crippen LogP contribution is -2.31. The zero-order chi connectivity index (χ0) is 14.2. The van der Waals surface area contributed by atoms with Gasteiger partial charge in [-0.3, -0.25) is 4.79 Å². The zero-order valence-electron chi connectivity index (χ0n) is 12.1. The number of para-hydroxylation sites is 1. The minimum absolute atomic E-state index is 0.0351. The van der Waals surface area contributed by atoms with E-state index >= 15 is 0 Å². The summed E-state index contributed by atoms with van der Waals surface area (Å²) in [6.07, 6.45) is 5.83. The summed E-state index contributed by atoms with van der Waals surface area (Å²) in [5.74, 6) is 0.644. The molecule has 2 N–H and O–H groups in total. The van der Waals surface area contributed by atoms with Gasteiger partial charge in [0.15, 0.2) is 0 Å². The van der Waals surface area contributed by atoms with Crippen molar-refractivity contribution in [2.75, 3.05) is 19.6 Å². The van der Waals surface area contributed by atoms with Crippen LogP contribution in [0.3, 0.4) is 0 Å². The second-order valence-corrected chi connectivity index (χ2v) is 6.34. The van der Waals surface area contributed by atoms with Crippen molar-refractivity contribution in [1.29, 1.82) is 0 Å². The Bertz CT molecular complexity index is 659. The normalized spacial score (nSPS) is 22.8. The molecule has 1 unspecified atom stereocenters. The summed E-state index contributed by atoms with van der Waals surface area (Å²) in [5.41, 5.74) is 1.68. The average Bonchev–Trinajstić information content (AvgIpc) is 3.06. The third kappa shape index (κ3) is 2.56. The molecule has 0 spiro atoms. The Morgan fingerprint density at radius 3 is 3.05 bits per heavy atom. The van der Waals surface area contributed by atoms with Crippen molar-refractivity contribution in [3.63, 3.8) is 0 Å². The Hall–Kier alpha value is -1.81. The Morgan fingerprint density at radius 1 is 1.29 bits per heavy atom. The van der Waals surface area contributed by atoms with Crippen LogP contribution in [0.15, 0.2) is 30.5 Å². The molecule has 2 aromatic rings. The van der Waals surface area contributed by atoms with Crippen LogP contribution < -0.4 is 5.32 Å². The number of carbonyl (C=O) groups excluding carboxylic acids is 1.